The van der Waals surface area contributed by atoms with Gasteiger partial charge in [-0.05, 0) is 19.1 Å². The Labute approximate surface area is 107 Å². The van der Waals surface area contributed by atoms with E-state index in [9.17, 15) is 0 Å². The Hall–Kier alpha value is -0.320. The molecule has 0 fully saturated rings. The Balaban J connectivity index is 2.91. The largest absolute Gasteiger partial charge is 0.488 e. The summed E-state index contributed by atoms with van der Waals surface area (Å²) in [4.78, 5) is 0. The minimum Gasteiger partial charge on any atom is -0.488 e. The second-order valence-corrected chi connectivity index (χ2v) is 5.31. The average molecular weight is 335 g/mol. The van der Waals surface area contributed by atoms with E-state index in [0.717, 1.165) is 20.3 Å². The SMILES string of the molecule is C=C(Br)COc1cc(Br)ccc1[C@H](C)N. The van der Waals surface area contributed by atoms with Crippen LogP contribution in [0.1, 0.15) is 18.5 Å². The molecule has 0 aromatic heterocycles. The molecular formula is C11H13Br2NO. The molecule has 0 radical (unpaired) electrons. The zero-order chi connectivity index (χ0) is 11.4. The quantitative estimate of drug-likeness (QED) is 0.910. The zero-order valence-corrected chi connectivity index (χ0v) is 11.6. The molecule has 0 bridgehead atoms. The summed E-state index contributed by atoms with van der Waals surface area (Å²) in [5.74, 6) is 0.792. The van der Waals surface area contributed by atoms with Crippen molar-refractivity contribution in [2.75, 3.05) is 6.61 Å². The number of hydrogen-bond donors (Lipinski definition) is 1. The first-order chi connectivity index (χ1) is 7.00. The molecule has 0 saturated heterocycles. The lowest BCUT2D eigenvalue weighted by Gasteiger charge is -2.14. The van der Waals surface area contributed by atoms with Crippen LogP contribution in [0, 0.1) is 0 Å². The smallest absolute Gasteiger partial charge is 0.125 e. The van der Waals surface area contributed by atoms with Gasteiger partial charge in [0.25, 0.3) is 0 Å². The van der Waals surface area contributed by atoms with Gasteiger partial charge in [0.15, 0.2) is 0 Å². The number of hydrogen-bond acceptors (Lipinski definition) is 2. The lowest BCUT2D eigenvalue weighted by molar-refractivity contribution is 0.354. The third-order valence-corrected chi connectivity index (χ3v) is 2.57. The first kappa shape index (κ1) is 12.7. The topological polar surface area (TPSA) is 35.2 Å². The van der Waals surface area contributed by atoms with E-state index < -0.39 is 0 Å². The molecule has 0 amide bonds. The molecule has 1 atom stereocenters. The molecule has 1 aromatic carbocycles. The van der Waals surface area contributed by atoms with E-state index in [1.54, 1.807) is 0 Å². The van der Waals surface area contributed by atoms with Gasteiger partial charge in [0, 0.05) is 20.6 Å². The molecule has 0 spiro atoms. The van der Waals surface area contributed by atoms with E-state index in [0.29, 0.717) is 6.61 Å². The molecule has 0 aliphatic carbocycles. The minimum absolute atomic E-state index is 0.0447. The van der Waals surface area contributed by atoms with Crippen LogP contribution in [0.25, 0.3) is 0 Å². The van der Waals surface area contributed by atoms with Crippen LogP contribution in [-0.4, -0.2) is 6.61 Å². The maximum Gasteiger partial charge on any atom is 0.125 e. The Kier molecular flexibility index (Phi) is 4.83. The van der Waals surface area contributed by atoms with Crippen LogP contribution < -0.4 is 10.5 Å². The van der Waals surface area contributed by atoms with Crippen molar-refractivity contribution >= 4 is 31.9 Å². The van der Waals surface area contributed by atoms with E-state index in [2.05, 4.69) is 38.4 Å². The van der Waals surface area contributed by atoms with Gasteiger partial charge >= 0.3 is 0 Å². The molecule has 15 heavy (non-hydrogen) atoms. The summed E-state index contributed by atoms with van der Waals surface area (Å²) in [6.45, 7) is 6.09. The van der Waals surface area contributed by atoms with Crippen molar-refractivity contribution in [2.24, 2.45) is 5.73 Å². The van der Waals surface area contributed by atoms with Gasteiger partial charge in [-0.1, -0.05) is 44.5 Å². The lowest BCUT2D eigenvalue weighted by Crippen LogP contribution is -2.08. The van der Waals surface area contributed by atoms with Crippen molar-refractivity contribution in [2.45, 2.75) is 13.0 Å². The van der Waals surface area contributed by atoms with Crippen molar-refractivity contribution in [3.8, 4) is 5.75 Å². The fourth-order valence-corrected chi connectivity index (χ4v) is 1.62. The van der Waals surface area contributed by atoms with Crippen molar-refractivity contribution < 1.29 is 4.74 Å². The molecule has 1 rings (SSSR count). The fraction of sp³-hybridized carbons (Fsp3) is 0.273. The van der Waals surface area contributed by atoms with Crippen LogP contribution in [-0.2, 0) is 0 Å². The van der Waals surface area contributed by atoms with Gasteiger partial charge in [-0.25, -0.2) is 0 Å². The Morgan fingerprint density at radius 1 is 1.60 bits per heavy atom. The summed E-state index contributed by atoms with van der Waals surface area (Å²) in [7, 11) is 0. The summed E-state index contributed by atoms with van der Waals surface area (Å²) in [5, 5.41) is 0. The Morgan fingerprint density at radius 3 is 2.80 bits per heavy atom. The first-order valence-electron chi connectivity index (χ1n) is 4.52. The Morgan fingerprint density at radius 2 is 2.27 bits per heavy atom. The fourth-order valence-electron chi connectivity index (χ4n) is 1.17. The van der Waals surface area contributed by atoms with Crippen molar-refractivity contribution in [1.29, 1.82) is 0 Å². The predicted molar refractivity (Wildman–Crippen MR) is 70.3 cm³/mol. The summed E-state index contributed by atoms with van der Waals surface area (Å²) >= 11 is 6.65. The van der Waals surface area contributed by atoms with Crippen molar-refractivity contribution in [1.82, 2.24) is 0 Å². The van der Waals surface area contributed by atoms with Crippen LogP contribution in [0.3, 0.4) is 0 Å². The average Bonchev–Trinajstić information content (AvgIpc) is 2.14. The first-order valence-corrected chi connectivity index (χ1v) is 6.10. The highest BCUT2D eigenvalue weighted by Gasteiger charge is 2.08. The van der Waals surface area contributed by atoms with E-state index in [1.165, 1.54) is 0 Å². The van der Waals surface area contributed by atoms with Crippen LogP contribution in [0.15, 0.2) is 33.7 Å². The maximum atomic E-state index is 5.84. The standard InChI is InChI=1S/C11H13Br2NO/c1-7(12)6-15-11-5-9(13)3-4-10(11)8(2)14/h3-5,8H,1,6,14H2,2H3/t8-/m0/s1. The number of rotatable bonds is 4. The molecule has 0 unspecified atom stereocenters. The predicted octanol–water partition coefficient (Wildman–Crippen LogP) is 3.76. The van der Waals surface area contributed by atoms with Crippen LogP contribution in [0.2, 0.25) is 0 Å². The van der Waals surface area contributed by atoms with Crippen LogP contribution >= 0.6 is 31.9 Å². The highest BCUT2D eigenvalue weighted by Crippen LogP contribution is 2.28. The molecule has 2 N–H and O–H groups in total. The third kappa shape index (κ3) is 3.97. The lowest BCUT2D eigenvalue weighted by atomic mass is 10.1. The zero-order valence-electron chi connectivity index (χ0n) is 8.47. The number of nitrogens with two attached hydrogens (primary N) is 1. The van der Waals surface area contributed by atoms with Gasteiger partial charge in [0.2, 0.25) is 0 Å². The third-order valence-electron chi connectivity index (χ3n) is 1.85. The summed E-state index contributed by atoms with van der Waals surface area (Å²) in [6.07, 6.45) is 0. The van der Waals surface area contributed by atoms with E-state index >= 15 is 0 Å². The van der Waals surface area contributed by atoms with Gasteiger partial charge < -0.3 is 10.5 Å². The van der Waals surface area contributed by atoms with Gasteiger partial charge in [0.1, 0.15) is 12.4 Å². The molecular weight excluding hydrogens is 322 g/mol. The monoisotopic (exact) mass is 333 g/mol. The summed E-state index contributed by atoms with van der Waals surface area (Å²) in [6, 6.07) is 5.78. The van der Waals surface area contributed by atoms with Crippen molar-refractivity contribution in [3.63, 3.8) is 0 Å². The molecule has 0 aliphatic heterocycles. The van der Waals surface area contributed by atoms with Gasteiger partial charge in [-0.2, -0.15) is 0 Å². The highest BCUT2D eigenvalue weighted by atomic mass is 79.9. The summed E-state index contributed by atoms with van der Waals surface area (Å²) in [5.41, 5.74) is 6.83. The number of ether oxygens (including phenoxy) is 1. The number of benzene rings is 1. The Bertz CT molecular complexity index is 364. The van der Waals surface area contributed by atoms with E-state index in [4.69, 9.17) is 10.5 Å². The van der Waals surface area contributed by atoms with Gasteiger partial charge in [-0.15, -0.1) is 0 Å². The highest BCUT2D eigenvalue weighted by molar-refractivity contribution is 9.11. The molecule has 82 valence electrons. The van der Waals surface area contributed by atoms with Crippen LogP contribution in [0.5, 0.6) is 5.75 Å². The molecule has 0 aliphatic rings. The molecule has 0 heterocycles. The molecule has 0 saturated carbocycles. The van der Waals surface area contributed by atoms with Gasteiger partial charge in [0.05, 0.1) is 0 Å². The van der Waals surface area contributed by atoms with Crippen molar-refractivity contribution in [3.05, 3.63) is 39.3 Å². The summed E-state index contributed by atoms with van der Waals surface area (Å²) < 4.78 is 7.36. The normalized spacial score (nSPS) is 12.3. The minimum atomic E-state index is -0.0447. The van der Waals surface area contributed by atoms with Crippen LogP contribution in [0.4, 0.5) is 0 Å². The molecule has 4 heteroatoms. The molecule has 2 nitrogen and oxygen atoms in total. The number of halogens is 2. The second-order valence-electron chi connectivity index (χ2n) is 3.28. The molecule has 1 aromatic rings. The van der Waals surface area contributed by atoms with Gasteiger partial charge in [-0.3, -0.25) is 0 Å². The maximum absolute atomic E-state index is 5.84. The second kappa shape index (κ2) is 5.68. The van der Waals surface area contributed by atoms with E-state index in [1.807, 2.05) is 25.1 Å². The van der Waals surface area contributed by atoms with E-state index in [-0.39, 0.29) is 6.04 Å².